The Morgan fingerprint density at radius 1 is 1.16 bits per heavy atom. The number of amides is 2. The van der Waals surface area contributed by atoms with Gasteiger partial charge in [0.05, 0.1) is 5.52 Å². The lowest BCUT2D eigenvalue weighted by atomic mass is 10.3. The van der Waals surface area contributed by atoms with E-state index in [1.54, 1.807) is 10.6 Å². The maximum Gasteiger partial charge on any atom is 0.290 e. The zero-order chi connectivity index (χ0) is 17.8. The first kappa shape index (κ1) is 17.4. The van der Waals surface area contributed by atoms with Crippen molar-refractivity contribution < 1.29 is 9.59 Å². The van der Waals surface area contributed by atoms with Gasteiger partial charge < -0.3 is 15.1 Å². The molecule has 1 aliphatic heterocycles. The molecule has 0 aliphatic carbocycles. The highest BCUT2D eigenvalue weighted by molar-refractivity contribution is 6.02. The first-order chi connectivity index (χ1) is 12.2. The van der Waals surface area contributed by atoms with Crippen molar-refractivity contribution in [2.24, 2.45) is 0 Å². The molecule has 7 heteroatoms. The van der Waals surface area contributed by atoms with Crippen LogP contribution in [0.15, 0.2) is 24.4 Å². The maximum atomic E-state index is 13.0. The van der Waals surface area contributed by atoms with Crippen LogP contribution in [0, 0.1) is 0 Å². The van der Waals surface area contributed by atoms with Gasteiger partial charge in [-0.1, -0.05) is 19.9 Å². The van der Waals surface area contributed by atoms with Crippen LogP contribution in [0.2, 0.25) is 0 Å². The lowest BCUT2D eigenvalue weighted by Crippen LogP contribution is -2.48. The highest BCUT2D eigenvalue weighted by Crippen LogP contribution is 2.16. The van der Waals surface area contributed by atoms with Gasteiger partial charge in [0.2, 0.25) is 5.82 Å². The summed E-state index contributed by atoms with van der Waals surface area (Å²) < 4.78 is 1.72. The van der Waals surface area contributed by atoms with Gasteiger partial charge in [0, 0.05) is 38.9 Å². The Labute approximate surface area is 147 Å². The molecule has 0 aromatic carbocycles. The van der Waals surface area contributed by atoms with E-state index in [4.69, 9.17) is 0 Å². The monoisotopic (exact) mass is 343 g/mol. The largest absolute Gasteiger partial charge is 0.351 e. The van der Waals surface area contributed by atoms with Crippen molar-refractivity contribution in [3.8, 4) is 0 Å². The molecule has 0 bridgehead atoms. The van der Waals surface area contributed by atoms with E-state index in [9.17, 15) is 9.59 Å². The smallest absolute Gasteiger partial charge is 0.290 e. The lowest BCUT2D eigenvalue weighted by molar-refractivity contribution is 0.0630. The van der Waals surface area contributed by atoms with E-state index in [0.717, 1.165) is 26.1 Å². The van der Waals surface area contributed by atoms with Gasteiger partial charge in [0.1, 0.15) is 0 Å². The number of hydrogen-bond donors (Lipinski definition) is 1. The predicted molar refractivity (Wildman–Crippen MR) is 95.8 cm³/mol. The molecular weight excluding hydrogens is 318 g/mol. The van der Waals surface area contributed by atoms with Crippen LogP contribution in [0.3, 0.4) is 0 Å². The van der Waals surface area contributed by atoms with Crippen molar-refractivity contribution in [3.05, 3.63) is 35.9 Å². The van der Waals surface area contributed by atoms with E-state index in [1.807, 2.05) is 30.0 Å². The molecule has 0 saturated carbocycles. The number of nitrogens with zero attached hydrogens (tertiary/aromatic N) is 4. The fourth-order valence-corrected chi connectivity index (χ4v) is 3.09. The molecule has 1 fully saturated rings. The first-order valence-electron chi connectivity index (χ1n) is 8.92. The summed E-state index contributed by atoms with van der Waals surface area (Å²) in [5, 5.41) is 2.84. The van der Waals surface area contributed by atoms with Crippen LogP contribution < -0.4 is 5.32 Å². The molecule has 1 N–H and O–H groups in total. The van der Waals surface area contributed by atoms with Gasteiger partial charge in [-0.3, -0.25) is 14.0 Å². The molecule has 1 aliphatic rings. The van der Waals surface area contributed by atoms with Gasteiger partial charge in [0.25, 0.3) is 11.8 Å². The van der Waals surface area contributed by atoms with Crippen molar-refractivity contribution >= 4 is 17.3 Å². The SMILES string of the molecule is CCCNC(=O)c1nc(C(=O)N2CCN(CC)CC2)n2ccccc12. The molecule has 2 aromatic rings. The Morgan fingerprint density at radius 3 is 2.60 bits per heavy atom. The molecule has 3 rings (SSSR count). The van der Waals surface area contributed by atoms with Crippen LogP contribution in [0.5, 0.6) is 0 Å². The van der Waals surface area contributed by atoms with Gasteiger partial charge in [0.15, 0.2) is 5.69 Å². The minimum Gasteiger partial charge on any atom is -0.351 e. The number of imidazole rings is 1. The topological polar surface area (TPSA) is 70.0 Å². The first-order valence-corrected chi connectivity index (χ1v) is 8.92. The molecule has 1 saturated heterocycles. The third-order valence-electron chi connectivity index (χ3n) is 4.60. The highest BCUT2D eigenvalue weighted by atomic mass is 16.2. The Bertz CT molecular complexity index is 762. The number of rotatable bonds is 5. The zero-order valence-corrected chi connectivity index (χ0v) is 14.9. The second-order valence-electron chi connectivity index (χ2n) is 6.22. The van der Waals surface area contributed by atoms with Crippen LogP contribution in [-0.2, 0) is 0 Å². The van der Waals surface area contributed by atoms with Crippen molar-refractivity contribution in [1.82, 2.24) is 24.5 Å². The van der Waals surface area contributed by atoms with E-state index in [-0.39, 0.29) is 11.8 Å². The molecule has 134 valence electrons. The third kappa shape index (κ3) is 3.51. The number of aromatic nitrogens is 2. The number of fused-ring (bicyclic) bond motifs is 1. The van der Waals surface area contributed by atoms with Gasteiger partial charge in [-0.2, -0.15) is 0 Å². The van der Waals surface area contributed by atoms with Gasteiger partial charge in [-0.05, 0) is 25.1 Å². The van der Waals surface area contributed by atoms with Crippen molar-refractivity contribution in [2.75, 3.05) is 39.3 Å². The minimum atomic E-state index is -0.236. The second-order valence-corrected chi connectivity index (χ2v) is 6.22. The molecule has 7 nitrogen and oxygen atoms in total. The average molecular weight is 343 g/mol. The Balaban J connectivity index is 1.89. The van der Waals surface area contributed by atoms with Crippen LogP contribution in [0.4, 0.5) is 0 Å². The Morgan fingerprint density at radius 2 is 1.92 bits per heavy atom. The second kappa shape index (κ2) is 7.65. The van der Waals surface area contributed by atoms with Crippen LogP contribution in [0.25, 0.3) is 5.52 Å². The summed E-state index contributed by atoms with van der Waals surface area (Å²) in [4.78, 5) is 33.9. The molecule has 3 heterocycles. The number of nitrogens with one attached hydrogen (secondary N) is 1. The maximum absolute atomic E-state index is 13.0. The Kier molecular flexibility index (Phi) is 5.33. The van der Waals surface area contributed by atoms with E-state index in [0.29, 0.717) is 36.7 Å². The highest BCUT2D eigenvalue weighted by Gasteiger charge is 2.27. The number of carbonyl (C=O) groups is 2. The van der Waals surface area contributed by atoms with E-state index in [2.05, 4.69) is 22.1 Å². The average Bonchev–Trinajstić information content (AvgIpc) is 3.05. The Hall–Kier alpha value is -2.41. The van der Waals surface area contributed by atoms with Crippen LogP contribution >= 0.6 is 0 Å². The molecule has 0 unspecified atom stereocenters. The van der Waals surface area contributed by atoms with Crippen molar-refractivity contribution in [3.63, 3.8) is 0 Å². The summed E-state index contributed by atoms with van der Waals surface area (Å²) in [5.41, 5.74) is 0.969. The summed E-state index contributed by atoms with van der Waals surface area (Å²) in [5.74, 6) is -0.0471. The standard InChI is InChI=1S/C18H25N5O2/c1-3-8-19-17(24)15-14-7-5-6-9-23(14)16(20-15)18(25)22-12-10-21(4-2)11-13-22/h5-7,9H,3-4,8,10-13H2,1-2H3,(H,19,24). The number of pyridine rings is 1. The van der Waals surface area contributed by atoms with Gasteiger partial charge in [-0.15, -0.1) is 0 Å². The fourth-order valence-electron chi connectivity index (χ4n) is 3.09. The van der Waals surface area contributed by atoms with Crippen LogP contribution in [0.1, 0.15) is 41.4 Å². The summed E-state index contributed by atoms with van der Waals surface area (Å²) in [6, 6.07) is 5.51. The molecule has 0 spiro atoms. The van der Waals surface area contributed by atoms with Crippen LogP contribution in [-0.4, -0.2) is 70.3 Å². The van der Waals surface area contributed by atoms with E-state index >= 15 is 0 Å². The summed E-state index contributed by atoms with van der Waals surface area (Å²) in [6.45, 7) is 8.82. The molecular formula is C18H25N5O2. The predicted octanol–water partition coefficient (Wildman–Crippen LogP) is 1.25. The summed E-state index contributed by atoms with van der Waals surface area (Å²) >= 11 is 0. The molecule has 25 heavy (non-hydrogen) atoms. The molecule has 0 radical (unpaired) electrons. The van der Waals surface area contributed by atoms with E-state index in [1.165, 1.54) is 0 Å². The molecule has 2 amide bonds. The lowest BCUT2D eigenvalue weighted by Gasteiger charge is -2.33. The van der Waals surface area contributed by atoms with Gasteiger partial charge >= 0.3 is 0 Å². The number of carbonyl (C=O) groups excluding carboxylic acids is 2. The number of likely N-dealkylation sites (N-methyl/N-ethyl adjacent to an activating group) is 1. The fraction of sp³-hybridized carbons (Fsp3) is 0.500. The molecule has 0 atom stereocenters. The number of hydrogen-bond acceptors (Lipinski definition) is 4. The number of piperazine rings is 1. The van der Waals surface area contributed by atoms with Crippen molar-refractivity contribution in [1.29, 1.82) is 0 Å². The summed E-state index contributed by atoms with van der Waals surface area (Å²) in [6.07, 6.45) is 2.64. The normalized spacial score (nSPS) is 15.5. The zero-order valence-electron chi connectivity index (χ0n) is 14.9. The third-order valence-corrected chi connectivity index (χ3v) is 4.60. The molecule has 2 aromatic heterocycles. The van der Waals surface area contributed by atoms with Gasteiger partial charge in [-0.25, -0.2) is 4.98 Å². The van der Waals surface area contributed by atoms with E-state index < -0.39 is 0 Å². The summed E-state index contributed by atoms with van der Waals surface area (Å²) in [7, 11) is 0. The minimum absolute atomic E-state index is 0.119. The van der Waals surface area contributed by atoms with Crippen molar-refractivity contribution in [2.45, 2.75) is 20.3 Å². The quantitative estimate of drug-likeness (QED) is 0.887.